The van der Waals surface area contributed by atoms with Crippen molar-refractivity contribution in [2.75, 3.05) is 6.26 Å². The van der Waals surface area contributed by atoms with Crippen LogP contribution in [0.1, 0.15) is 27.7 Å². The van der Waals surface area contributed by atoms with Gasteiger partial charge in [0.05, 0.1) is 18.5 Å². The molecule has 0 saturated carbocycles. The summed E-state index contributed by atoms with van der Waals surface area (Å²) in [7, 11) is -7.93. The third kappa shape index (κ3) is 7.93. The summed E-state index contributed by atoms with van der Waals surface area (Å²) in [5.74, 6) is 0. The summed E-state index contributed by atoms with van der Waals surface area (Å²) in [6.07, 6.45) is -0.139. The molecule has 0 radical (unpaired) electrons. The van der Waals surface area contributed by atoms with Gasteiger partial charge in [-0.15, -0.1) is 0 Å². The second-order valence-corrected chi connectivity index (χ2v) is 6.85. The van der Waals surface area contributed by atoms with Crippen molar-refractivity contribution in [2.24, 2.45) is 0 Å². The fourth-order valence-electron chi connectivity index (χ4n) is 0.742. The van der Waals surface area contributed by atoms with Gasteiger partial charge in [0, 0.05) is 0 Å². The van der Waals surface area contributed by atoms with E-state index in [0.717, 1.165) is 6.26 Å². The molecule has 0 saturated heterocycles. The van der Waals surface area contributed by atoms with Gasteiger partial charge in [0.25, 0.3) is 10.1 Å². The van der Waals surface area contributed by atoms with Crippen LogP contribution in [0.4, 0.5) is 0 Å². The summed E-state index contributed by atoms with van der Waals surface area (Å²) in [5.41, 5.74) is 0. The highest BCUT2D eigenvalue weighted by Gasteiger charge is 2.34. The van der Waals surface area contributed by atoms with Gasteiger partial charge in [-0.3, -0.25) is 9.05 Å². The van der Waals surface area contributed by atoms with Crippen LogP contribution in [0.25, 0.3) is 0 Å². The van der Waals surface area contributed by atoms with E-state index in [9.17, 15) is 13.0 Å². The van der Waals surface area contributed by atoms with Crippen LogP contribution in [-0.4, -0.2) is 26.9 Å². The summed E-state index contributed by atoms with van der Waals surface area (Å²) in [5, 5.41) is 0. The molecule has 8 heteroatoms. The molecule has 6 nitrogen and oxygen atoms in total. The molecule has 0 atom stereocenters. The average molecular weight is 260 g/mol. The first-order chi connectivity index (χ1) is 6.54. The molecule has 0 bridgehead atoms. The smallest absolute Gasteiger partial charge is 0.283 e. The maximum atomic E-state index is 11.8. The lowest BCUT2D eigenvalue weighted by molar-refractivity contribution is 0.105. The highest BCUT2D eigenvalue weighted by Crippen LogP contribution is 2.52. The van der Waals surface area contributed by atoms with E-state index in [1.807, 2.05) is 0 Å². The minimum absolute atomic E-state index is 0.462. The van der Waals surface area contributed by atoms with Gasteiger partial charge in [-0.05, 0) is 27.7 Å². The van der Waals surface area contributed by atoms with Crippen LogP contribution in [0, 0.1) is 0 Å². The summed E-state index contributed by atoms with van der Waals surface area (Å²) in [6, 6.07) is 0. The van der Waals surface area contributed by atoms with Crippen molar-refractivity contribution in [3.8, 4) is 0 Å². The summed E-state index contributed by atoms with van der Waals surface area (Å²) < 4.78 is 47.6. The monoisotopic (exact) mass is 260 g/mol. The molecule has 0 N–H and O–H groups in total. The van der Waals surface area contributed by atoms with E-state index in [1.165, 1.54) is 0 Å². The van der Waals surface area contributed by atoms with Crippen molar-refractivity contribution in [2.45, 2.75) is 39.9 Å². The molecule has 0 aromatic rings. The first-order valence-corrected chi connectivity index (χ1v) is 7.70. The number of phosphoric acid groups is 1. The molecule has 0 unspecified atom stereocenters. The van der Waals surface area contributed by atoms with Gasteiger partial charge >= 0.3 is 7.82 Å². The Morgan fingerprint density at radius 1 is 1.00 bits per heavy atom. The Bertz CT molecular complexity index is 319. The van der Waals surface area contributed by atoms with Crippen LogP contribution in [0.5, 0.6) is 0 Å². The molecule has 0 amide bonds. The SMILES string of the molecule is CC(C)OP(=O)(OC(C)C)OS(C)(=O)=O. The molecule has 0 aliphatic carbocycles. The molecule has 0 aromatic heterocycles. The molecule has 15 heavy (non-hydrogen) atoms. The van der Waals surface area contributed by atoms with Crippen molar-refractivity contribution >= 4 is 17.9 Å². The Balaban J connectivity index is 4.79. The zero-order valence-corrected chi connectivity index (χ0v) is 11.2. The first-order valence-electron chi connectivity index (χ1n) is 4.42. The fraction of sp³-hybridized carbons (Fsp3) is 1.00. The Kier molecular flexibility index (Phi) is 5.43. The maximum absolute atomic E-state index is 11.8. The average Bonchev–Trinajstić information content (AvgIpc) is 1.73. The van der Waals surface area contributed by atoms with Crippen LogP contribution >= 0.6 is 7.82 Å². The zero-order chi connectivity index (χ0) is 12.3. The van der Waals surface area contributed by atoms with Crippen molar-refractivity contribution in [3.63, 3.8) is 0 Å². The number of phosphoric ester groups is 1. The molecular weight excluding hydrogens is 243 g/mol. The quantitative estimate of drug-likeness (QED) is 0.679. The minimum atomic E-state index is -4.04. The summed E-state index contributed by atoms with van der Waals surface area (Å²) in [6.45, 7) is 6.40. The van der Waals surface area contributed by atoms with Gasteiger partial charge in [-0.2, -0.15) is 12.4 Å². The van der Waals surface area contributed by atoms with Crippen molar-refractivity contribution in [3.05, 3.63) is 0 Å². The predicted molar refractivity (Wildman–Crippen MR) is 56.0 cm³/mol. The Hall–Kier alpha value is 0.0600. The van der Waals surface area contributed by atoms with E-state index >= 15 is 0 Å². The second kappa shape index (κ2) is 5.41. The zero-order valence-electron chi connectivity index (χ0n) is 9.46. The minimum Gasteiger partial charge on any atom is -0.283 e. The van der Waals surface area contributed by atoms with Crippen LogP contribution in [0.2, 0.25) is 0 Å². The van der Waals surface area contributed by atoms with Gasteiger partial charge in [0.15, 0.2) is 0 Å². The normalized spacial score (nSPS) is 13.8. The van der Waals surface area contributed by atoms with Gasteiger partial charge in [0.2, 0.25) is 0 Å². The van der Waals surface area contributed by atoms with Crippen molar-refractivity contribution in [1.82, 2.24) is 0 Å². The molecule has 0 heterocycles. The molecule has 0 aliphatic rings. The van der Waals surface area contributed by atoms with E-state index in [1.54, 1.807) is 27.7 Å². The third-order valence-electron chi connectivity index (χ3n) is 0.907. The lowest BCUT2D eigenvalue weighted by Gasteiger charge is -2.20. The predicted octanol–water partition coefficient (Wildman–Crippen LogP) is 1.92. The van der Waals surface area contributed by atoms with E-state index in [-0.39, 0.29) is 0 Å². The lowest BCUT2D eigenvalue weighted by atomic mass is 10.5. The summed E-state index contributed by atoms with van der Waals surface area (Å²) in [4.78, 5) is 0. The van der Waals surface area contributed by atoms with Crippen LogP contribution in [0.3, 0.4) is 0 Å². The highest BCUT2D eigenvalue weighted by molar-refractivity contribution is 7.90. The van der Waals surface area contributed by atoms with Gasteiger partial charge in [0.1, 0.15) is 0 Å². The van der Waals surface area contributed by atoms with E-state index in [0.29, 0.717) is 0 Å². The lowest BCUT2D eigenvalue weighted by Crippen LogP contribution is -2.12. The topological polar surface area (TPSA) is 78.9 Å². The van der Waals surface area contributed by atoms with Crippen LogP contribution in [-0.2, 0) is 27.7 Å². The van der Waals surface area contributed by atoms with Gasteiger partial charge in [-0.25, -0.2) is 4.57 Å². The van der Waals surface area contributed by atoms with Gasteiger partial charge in [-0.1, -0.05) is 0 Å². The van der Waals surface area contributed by atoms with E-state index in [4.69, 9.17) is 9.05 Å². The standard InChI is InChI=1S/C7H17O6PS/c1-6(2)11-14(8,12-7(3)4)13-15(5,9)10/h6-7H,1-5H3. The van der Waals surface area contributed by atoms with E-state index < -0.39 is 30.1 Å². The van der Waals surface area contributed by atoms with Gasteiger partial charge < -0.3 is 0 Å². The molecule has 0 spiro atoms. The molecule has 0 aliphatic heterocycles. The molecule has 0 rings (SSSR count). The van der Waals surface area contributed by atoms with Crippen LogP contribution < -0.4 is 0 Å². The maximum Gasteiger partial charge on any atom is 0.490 e. The second-order valence-electron chi connectivity index (χ2n) is 3.53. The number of rotatable bonds is 6. The molecular formula is C7H17O6PS. The highest BCUT2D eigenvalue weighted by atomic mass is 32.2. The third-order valence-corrected chi connectivity index (χ3v) is 4.08. The molecule has 0 fully saturated rings. The fourth-order valence-corrected chi connectivity index (χ4v) is 3.43. The first kappa shape index (κ1) is 15.1. The Morgan fingerprint density at radius 3 is 1.53 bits per heavy atom. The Labute approximate surface area is 90.7 Å². The van der Waals surface area contributed by atoms with E-state index in [2.05, 4.69) is 3.97 Å². The number of hydrogen-bond acceptors (Lipinski definition) is 6. The Morgan fingerprint density at radius 2 is 1.33 bits per heavy atom. The summed E-state index contributed by atoms with van der Waals surface area (Å²) >= 11 is 0. The largest absolute Gasteiger partial charge is 0.490 e. The van der Waals surface area contributed by atoms with Crippen molar-refractivity contribution < 1.29 is 26.0 Å². The van der Waals surface area contributed by atoms with Crippen LogP contribution in [0.15, 0.2) is 0 Å². The molecule has 92 valence electrons. The molecule has 0 aromatic carbocycles. The number of hydrogen-bond donors (Lipinski definition) is 0. The van der Waals surface area contributed by atoms with Crippen molar-refractivity contribution in [1.29, 1.82) is 0 Å².